The molecule has 1 fully saturated rings. The van der Waals surface area contributed by atoms with E-state index in [9.17, 15) is 14.9 Å². The SMILES string of the molecule is CN(C(=O)c1cc2cc([N+](=O)[O-])ccc2s1)C1CCNCC1.Cl. The van der Waals surface area contributed by atoms with Crippen LogP contribution in [0, 0.1) is 10.1 Å². The van der Waals surface area contributed by atoms with Crippen molar-refractivity contribution in [3.63, 3.8) is 0 Å². The molecule has 6 nitrogen and oxygen atoms in total. The molecule has 1 saturated heterocycles. The third-order valence-electron chi connectivity index (χ3n) is 4.10. The Morgan fingerprint density at radius 2 is 2.04 bits per heavy atom. The number of amides is 1. The number of hydrogen-bond donors (Lipinski definition) is 1. The molecule has 124 valence electrons. The first-order valence-electron chi connectivity index (χ1n) is 7.22. The maximum Gasteiger partial charge on any atom is 0.270 e. The molecule has 0 saturated carbocycles. The third-order valence-corrected chi connectivity index (χ3v) is 5.20. The van der Waals surface area contributed by atoms with Crippen LogP contribution in [0.4, 0.5) is 5.69 Å². The van der Waals surface area contributed by atoms with Crippen molar-refractivity contribution < 1.29 is 9.72 Å². The van der Waals surface area contributed by atoms with Gasteiger partial charge in [-0.1, -0.05) is 0 Å². The van der Waals surface area contributed by atoms with Gasteiger partial charge in [0.2, 0.25) is 0 Å². The monoisotopic (exact) mass is 355 g/mol. The van der Waals surface area contributed by atoms with Crippen molar-refractivity contribution in [3.05, 3.63) is 39.3 Å². The van der Waals surface area contributed by atoms with E-state index < -0.39 is 4.92 Å². The molecule has 2 heterocycles. The second-order valence-corrected chi connectivity index (χ2v) is 6.57. The smallest absolute Gasteiger partial charge is 0.270 e. The maximum atomic E-state index is 12.6. The molecule has 1 amide bonds. The van der Waals surface area contributed by atoms with E-state index in [1.54, 1.807) is 17.0 Å². The van der Waals surface area contributed by atoms with Crippen LogP contribution >= 0.6 is 23.7 Å². The summed E-state index contributed by atoms with van der Waals surface area (Å²) in [5.41, 5.74) is 0.0519. The number of thiophene rings is 1. The lowest BCUT2D eigenvalue weighted by Gasteiger charge is -2.31. The number of halogens is 1. The van der Waals surface area contributed by atoms with Gasteiger partial charge in [-0.25, -0.2) is 0 Å². The fourth-order valence-electron chi connectivity index (χ4n) is 2.78. The number of nitro groups is 1. The average molecular weight is 356 g/mol. The van der Waals surface area contributed by atoms with E-state index in [1.807, 2.05) is 7.05 Å². The summed E-state index contributed by atoms with van der Waals surface area (Å²) in [4.78, 5) is 25.5. The summed E-state index contributed by atoms with van der Waals surface area (Å²) in [6.45, 7) is 1.86. The summed E-state index contributed by atoms with van der Waals surface area (Å²) in [5, 5.41) is 14.9. The molecule has 23 heavy (non-hydrogen) atoms. The number of fused-ring (bicyclic) bond motifs is 1. The molecular weight excluding hydrogens is 338 g/mol. The van der Waals surface area contributed by atoms with E-state index in [2.05, 4.69) is 5.32 Å². The highest BCUT2D eigenvalue weighted by atomic mass is 35.5. The van der Waals surface area contributed by atoms with E-state index in [1.165, 1.54) is 23.5 Å². The molecule has 1 aromatic carbocycles. The van der Waals surface area contributed by atoms with Crippen LogP contribution in [-0.4, -0.2) is 41.9 Å². The minimum Gasteiger partial charge on any atom is -0.338 e. The Morgan fingerprint density at radius 3 is 2.70 bits per heavy atom. The van der Waals surface area contributed by atoms with Gasteiger partial charge < -0.3 is 10.2 Å². The largest absolute Gasteiger partial charge is 0.338 e. The Kier molecular flexibility index (Phi) is 5.56. The fourth-order valence-corrected chi connectivity index (χ4v) is 3.81. The van der Waals surface area contributed by atoms with Crippen LogP contribution in [0.2, 0.25) is 0 Å². The quantitative estimate of drug-likeness (QED) is 0.678. The first-order valence-corrected chi connectivity index (χ1v) is 8.04. The Bertz CT molecular complexity index is 728. The van der Waals surface area contributed by atoms with Gasteiger partial charge in [0.15, 0.2) is 0 Å². The highest BCUT2D eigenvalue weighted by Crippen LogP contribution is 2.30. The van der Waals surface area contributed by atoms with Gasteiger partial charge in [0.1, 0.15) is 0 Å². The summed E-state index contributed by atoms with van der Waals surface area (Å²) < 4.78 is 0.896. The van der Waals surface area contributed by atoms with Gasteiger partial charge in [-0.15, -0.1) is 23.7 Å². The molecule has 0 radical (unpaired) electrons. The molecule has 0 spiro atoms. The normalized spacial score (nSPS) is 15.2. The summed E-state index contributed by atoms with van der Waals surface area (Å²) in [6, 6.07) is 6.72. The van der Waals surface area contributed by atoms with Gasteiger partial charge >= 0.3 is 0 Å². The molecule has 0 bridgehead atoms. The minimum atomic E-state index is -0.417. The molecule has 3 rings (SSSR count). The van der Waals surface area contributed by atoms with E-state index in [4.69, 9.17) is 0 Å². The van der Waals surface area contributed by atoms with Crippen LogP contribution in [0.5, 0.6) is 0 Å². The van der Waals surface area contributed by atoms with Gasteiger partial charge in [-0.3, -0.25) is 14.9 Å². The summed E-state index contributed by atoms with van der Waals surface area (Å²) in [6.07, 6.45) is 1.91. The standard InChI is InChI=1S/C15H17N3O3S.ClH/c1-17(11-4-6-16-7-5-11)15(19)14-9-10-8-12(18(20)21)2-3-13(10)22-14;/h2-3,8-9,11,16H,4-7H2,1H3;1H. The molecule has 1 N–H and O–H groups in total. The van der Waals surface area contributed by atoms with Crippen LogP contribution in [0.25, 0.3) is 10.1 Å². The van der Waals surface area contributed by atoms with Crippen LogP contribution in [-0.2, 0) is 0 Å². The molecule has 1 aliphatic rings. The maximum absolute atomic E-state index is 12.6. The molecule has 8 heteroatoms. The number of carbonyl (C=O) groups excluding carboxylic acids is 1. The lowest BCUT2D eigenvalue weighted by atomic mass is 10.1. The number of rotatable bonds is 3. The van der Waals surface area contributed by atoms with Crippen LogP contribution < -0.4 is 5.32 Å². The lowest BCUT2D eigenvalue weighted by molar-refractivity contribution is -0.384. The molecule has 0 unspecified atom stereocenters. The number of benzene rings is 1. The number of non-ortho nitro benzene ring substituents is 1. The Hall–Kier alpha value is -1.70. The highest BCUT2D eigenvalue weighted by Gasteiger charge is 2.24. The second-order valence-electron chi connectivity index (χ2n) is 5.49. The molecule has 0 atom stereocenters. The van der Waals surface area contributed by atoms with Crippen molar-refractivity contribution in [3.8, 4) is 0 Å². The van der Waals surface area contributed by atoms with Gasteiger partial charge in [0.25, 0.3) is 11.6 Å². The van der Waals surface area contributed by atoms with Crippen molar-refractivity contribution in [1.29, 1.82) is 0 Å². The van der Waals surface area contributed by atoms with Crippen LogP contribution in [0.3, 0.4) is 0 Å². The third kappa shape index (κ3) is 3.63. The first kappa shape index (κ1) is 17.7. The van der Waals surface area contributed by atoms with Crippen LogP contribution in [0.15, 0.2) is 24.3 Å². The van der Waals surface area contributed by atoms with Crippen molar-refractivity contribution in [2.75, 3.05) is 20.1 Å². The molecule has 2 aromatic rings. The van der Waals surface area contributed by atoms with E-state index >= 15 is 0 Å². The van der Waals surface area contributed by atoms with Crippen LogP contribution in [0.1, 0.15) is 22.5 Å². The van der Waals surface area contributed by atoms with E-state index in [0.29, 0.717) is 4.88 Å². The van der Waals surface area contributed by atoms with Gasteiger partial charge in [0, 0.05) is 35.3 Å². The number of hydrogen-bond acceptors (Lipinski definition) is 5. The molecular formula is C15H18ClN3O3S. The molecule has 0 aliphatic carbocycles. The highest BCUT2D eigenvalue weighted by molar-refractivity contribution is 7.20. The van der Waals surface area contributed by atoms with Gasteiger partial charge in [0.05, 0.1) is 9.80 Å². The lowest BCUT2D eigenvalue weighted by Crippen LogP contribution is -2.43. The molecule has 1 aromatic heterocycles. The molecule has 1 aliphatic heterocycles. The minimum absolute atomic E-state index is 0. The summed E-state index contributed by atoms with van der Waals surface area (Å²) in [5.74, 6) is -0.00393. The summed E-state index contributed by atoms with van der Waals surface area (Å²) in [7, 11) is 1.84. The zero-order valence-corrected chi connectivity index (χ0v) is 14.3. The van der Waals surface area contributed by atoms with Gasteiger partial charge in [-0.05, 0) is 38.1 Å². The number of nitrogens with zero attached hydrogens (tertiary/aromatic N) is 2. The second kappa shape index (κ2) is 7.25. The van der Waals surface area contributed by atoms with Gasteiger partial charge in [-0.2, -0.15) is 0 Å². The Morgan fingerprint density at radius 1 is 1.35 bits per heavy atom. The van der Waals surface area contributed by atoms with Crippen molar-refractivity contribution in [2.45, 2.75) is 18.9 Å². The average Bonchev–Trinajstić information content (AvgIpc) is 2.97. The Labute approximate surface area is 144 Å². The summed E-state index contributed by atoms with van der Waals surface area (Å²) >= 11 is 1.39. The zero-order valence-electron chi connectivity index (χ0n) is 12.7. The fraction of sp³-hybridized carbons (Fsp3) is 0.400. The number of piperidine rings is 1. The predicted octanol–water partition coefficient (Wildman–Crippen LogP) is 3.06. The number of nitrogens with one attached hydrogen (secondary N) is 1. The first-order chi connectivity index (χ1) is 10.6. The van der Waals surface area contributed by atoms with E-state index in [-0.39, 0.29) is 30.0 Å². The number of nitro benzene ring substituents is 1. The van der Waals surface area contributed by atoms with Crippen molar-refractivity contribution >= 4 is 45.4 Å². The topological polar surface area (TPSA) is 75.5 Å². The zero-order chi connectivity index (χ0) is 15.7. The van der Waals surface area contributed by atoms with E-state index in [0.717, 1.165) is 36.0 Å². The Balaban J connectivity index is 0.00000192. The number of carbonyl (C=O) groups is 1. The van der Waals surface area contributed by atoms with Crippen molar-refractivity contribution in [1.82, 2.24) is 10.2 Å². The predicted molar refractivity (Wildman–Crippen MR) is 93.7 cm³/mol. The van der Waals surface area contributed by atoms with Crippen molar-refractivity contribution in [2.24, 2.45) is 0 Å².